The van der Waals surface area contributed by atoms with Gasteiger partial charge in [0.2, 0.25) is 5.91 Å². The van der Waals surface area contributed by atoms with Crippen LogP contribution in [0.4, 0.5) is 0 Å². The molecule has 0 radical (unpaired) electrons. The van der Waals surface area contributed by atoms with Crippen molar-refractivity contribution in [1.29, 1.82) is 0 Å². The smallest absolute Gasteiger partial charge is 0.228 e. The second-order valence-corrected chi connectivity index (χ2v) is 4.97. The fourth-order valence-corrected chi connectivity index (χ4v) is 2.16. The van der Waals surface area contributed by atoms with Crippen molar-refractivity contribution < 1.29 is 4.79 Å². The van der Waals surface area contributed by atoms with Gasteiger partial charge in [-0.05, 0) is 36.9 Å². The summed E-state index contributed by atoms with van der Waals surface area (Å²) < 4.78 is 0. The van der Waals surface area contributed by atoms with Crippen molar-refractivity contribution in [2.75, 3.05) is 6.54 Å². The van der Waals surface area contributed by atoms with Gasteiger partial charge in [-0.25, -0.2) is 0 Å². The summed E-state index contributed by atoms with van der Waals surface area (Å²) in [6, 6.07) is 8.28. The Labute approximate surface area is 102 Å². The van der Waals surface area contributed by atoms with E-state index in [1.807, 2.05) is 25.1 Å². The highest BCUT2D eigenvalue weighted by molar-refractivity contribution is 5.87. The highest BCUT2D eigenvalue weighted by Crippen LogP contribution is 2.34. The molecule has 0 saturated carbocycles. The van der Waals surface area contributed by atoms with Crippen LogP contribution in [-0.2, 0) is 11.2 Å². The molecule has 92 valence electrons. The molecule has 0 spiro atoms. The molecule has 3 nitrogen and oxygen atoms in total. The Morgan fingerprint density at radius 1 is 1.47 bits per heavy atom. The molecule has 1 aromatic rings. The summed E-state index contributed by atoms with van der Waals surface area (Å²) >= 11 is 0. The number of carbonyl (C=O) groups excluding carboxylic acids is 1. The zero-order chi connectivity index (χ0) is 12.4. The minimum atomic E-state index is 0.0404. The van der Waals surface area contributed by atoms with Gasteiger partial charge in [-0.1, -0.05) is 31.2 Å². The lowest BCUT2D eigenvalue weighted by Crippen LogP contribution is -2.44. The second-order valence-electron chi connectivity index (χ2n) is 4.97. The third-order valence-corrected chi connectivity index (χ3v) is 3.77. The van der Waals surface area contributed by atoms with Crippen molar-refractivity contribution in [3.8, 4) is 0 Å². The fourth-order valence-electron chi connectivity index (χ4n) is 2.16. The topological polar surface area (TPSA) is 55.1 Å². The first kappa shape index (κ1) is 12.1. The third-order valence-electron chi connectivity index (χ3n) is 3.77. The Morgan fingerprint density at radius 3 is 2.82 bits per heavy atom. The zero-order valence-corrected chi connectivity index (χ0v) is 10.4. The van der Waals surface area contributed by atoms with E-state index in [-0.39, 0.29) is 17.9 Å². The number of fused-ring (bicyclic) bond motifs is 1. The van der Waals surface area contributed by atoms with Crippen LogP contribution >= 0.6 is 0 Å². The first-order valence-corrected chi connectivity index (χ1v) is 6.21. The molecule has 2 rings (SSSR count). The van der Waals surface area contributed by atoms with Gasteiger partial charge in [0.1, 0.15) is 0 Å². The molecular weight excluding hydrogens is 212 g/mol. The van der Waals surface area contributed by atoms with Crippen LogP contribution in [0.1, 0.15) is 30.9 Å². The molecule has 1 aliphatic rings. The molecule has 0 aliphatic heterocycles. The lowest BCUT2D eigenvalue weighted by Gasteiger charge is -2.31. The van der Waals surface area contributed by atoms with E-state index in [0.717, 1.165) is 6.42 Å². The average Bonchev–Trinajstić information content (AvgIpc) is 2.29. The van der Waals surface area contributed by atoms with E-state index >= 15 is 0 Å². The molecule has 1 aliphatic carbocycles. The van der Waals surface area contributed by atoms with Crippen LogP contribution < -0.4 is 11.1 Å². The molecule has 3 heteroatoms. The summed E-state index contributed by atoms with van der Waals surface area (Å²) in [7, 11) is 0. The van der Waals surface area contributed by atoms with Gasteiger partial charge in [-0.3, -0.25) is 4.79 Å². The van der Waals surface area contributed by atoms with Gasteiger partial charge in [-0.2, -0.15) is 0 Å². The number of hydrogen-bond donors (Lipinski definition) is 2. The van der Waals surface area contributed by atoms with Gasteiger partial charge in [0.05, 0.1) is 5.92 Å². The SMILES string of the molecule is CC(CN)C(C)NC(=O)C1Cc2ccccc21. The van der Waals surface area contributed by atoms with E-state index in [0.29, 0.717) is 12.5 Å². The first-order valence-electron chi connectivity index (χ1n) is 6.21. The maximum Gasteiger partial charge on any atom is 0.228 e. The predicted molar refractivity (Wildman–Crippen MR) is 68.7 cm³/mol. The zero-order valence-electron chi connectivity index (χ0n) is 10.4. The summed E-state index contributed by atoms with van der Waals surface area (Å²) in [6.45, 7) is 4.67. The summed E-state index contributed by atoms with van der Waals surface area (Å²) in [5.41, 5.74) is 8.07. The Bertz CT molecular complexity index is 416. The van der Waals surface area contributed by atoms with Crippen LogP contribution in [0.3, 0.4) is 0 Å². The molecule has 1 aromatic carbocycles. The summed E-state index contributed by atoms with van der Waals surface area (Å²) in [5, 5.41) is 3.05. The number of carbonyl (C=O) groups is 1. The molecule has 3 N–H and O–H groups in total. The van der Waals surface area contributed by atoms with Crippen molar-refractivity contribution in [2.45, 2.75) is 32.2 Å². The van der Waals surface area contributed by atoms with Crippen LogP contribution in [0, 0.1) is 5.92 Å². The lowest BCUT2D eigenvalue weighted by molar-refractivity contribution is -0.124. The molecule has 0 saturated heterocycles. The highest BCUT2D eigenvalue weighted by atomic mass is 16.2. The number of amides is 1. The molecule has 1 amide bonds. The maximum atomic E-state index is 12.1. The van der Waals surface area contributed by atoms with Gasteiger partial charge < -0.3 is 11.1 Å². The van der Waals surface area contributed by atoms with Gasteiger partial charge in [0, 0.05) is 6.04 Å². The Hall–Kier alpha value is -1.35. The second kappa shape index (κ2) is 4.88. The number of hydrogen-bond acceptors (Lipinski definition) is 2. The standard InChI is InChI=1S/C14H20N2O/c1-9(8-15)10(2)16-14(17)13-7-11-5-3-4-6-12(11)13/h3-6,9-10,13H,7-8,15H2,1-2H3,(H,16,17). The molecule has 0 heterocycles. The quantitative estimate of drug-likeness (QED) is 0.825. The van der Waals surface area contributed by atoms with E-state index in [1.54, 1.807) is 0 Å². The molecule has 3 unspecified atom stereocenters. The molecule has 0 bridgehead atoms. The van der Waals surface area contributed by atoms with Gasteiger partial charge in [-0.15, -0.1) is 0 Å². The van der Waals surface area contributed by atoms with E-state index in [4.69, 9.17) is 5.73 Å². The minimum absolute atomic E-state index is 0.0404. The summed E-state index contributed by atoms with van der Waals surface area (Å²) in [5.74, 6) is 0.490. The van der Waals surface area contributed by atoms with Crippen LogP contribution in [0.25, 0.3) is 0 Å². The van der Waals surface area contributed by atoms with Crippen LogP contribution in [0.15, 0.2) is 24.3 Å². The lowest BCUT2D eigenvalue weighted by atomic mass is 9.77. The van der Waals surface area contributed by atoms with E-state index in [9.17, 15) is 4.79 Å². The molecular formula is C14H20N2O. The Balaban J connectivity index is 1.96. The predicted octanol–water partition coefficient (Wildman–Crippen LogP) is 1.43. The highest BCUT2D eigenvalue weighted by Gasteiger charge is 2.32. The number of rotatable bonds is 4. The fraction of sp³-hybridized carbons (Fsp3) is 0.500. The molecule has 0 aromatic heterocycles. The van der Waals surface area contributed by atoms with Crippen molar-refractivity contribution in [3.05, 3.63) is 35.4 Å². The molecule has 17 heavy (non-hydrogen) atoms. The number of benzene rings is 1. The summed E-state index contributed by atoms with van der Waals surface area (Å²) in [6.07, 6.45) is 0.867. The maximum absolute atomic E-state index is 12.1. The van der Waals surface area contributed by atoms with Crippen LogP contribution in [0.5, 0.6) is 0 Å². The monoisotopic (exact) mass is 232 g/mol. The Morgan fingerprint density at radius 2 is 2.18 bits per heavy atom. The van der Waals surface area contributed by atoms with Crippen molar-refractivity contribution in [3.63, 3.8) is 0 Å². The van der Waals surface area contributed by atoms with Crippen molar-refractivity contribution in [2.24, 2.45) is 11.7 Å². The Kier molecular flexibility index (Phi) is 3.48. The van der Waals surface area contributed by atoms with Crippen LogP contribution in [-0.4, -0.2) is 18.5 Å². The molecule has 0 fully saturated rings. The van der Waals surface area contributed by atoms with Gasteiger partial charge >= 0.3 is 0 Å². The first-order chi connectivity index (χ1) is 8.13. The van der Waals surface area contributed by atoms with E-state index in [1.165, 1.54) is 11.1 Å². The number of nitrogens with two attached hydrogens (primary N) is 1. The van der Waals surface area contributed by atoms with Crippen LogP contribution in [0.2, 0.25) is 0 Å². The molecule has 3 atom stereocenters. The van der Waals surface area contributed by atoms with E-state index < -0.39 is 0 Å². The minimum Gasteiger partial charge on any atom is -0.353 e. The average molecular weight is 232 g/mol. The largest absolute Gasteiger partial charge is 0.353 e. The van der Waals surface area contributed by atoms with Gasteiger partial charge in [0.15, 0.2) is 0 Å². The van der Waals surface area contributed by atoms with Crippen molar-refractivity contribution >= 4 is 5.91 Å². The third kappa shape index (κ3) is 2.34. The van der Waals surface area contributed by atoms with Gasteiger partial charge in [0.25, 0.3) is 0 Å². The van der Waals surface area contributed by atoms with E-state index in [2.05, 4.69) is 18.3 Å². The van der Waals surface area contributed by atoms with Crippen molar-refractivity contribution in [1.82, 2.24) is 5.32 Å². The normalized spacial score (nSPS) is 21.0. The summed E-state index contributed by atoms with van der Waals surface area (Å²) in [4.78, 5) is 12.1. The number of nitrogens with one attached hydrogen (secondary N) is 1.